The Bertz CT molecular complexity index is 253. The highest BCUT2D eigenvalue weighted by molar-refractivity contribution is 5.39. The standard InChI is InChI=1S/C12H16/c1-2-10-7-8-11-5-3-4-6-12(11)9-10/h4,6-8,10H,2-3,5,9H2,1H3. The summed E-state index contributed by atoms with van der Waals surface area (Å²) in [7, 11) is 0. The molecule has 0 bridgehead atoms. The van der Waals surface area contributed by atoms with Crippen molar-refractivity contribution in [1.29, 1.82) is 0 Å². The molecule has 0 spiro atoms. The third-order valence-electron chi connectivity index (χ3n) is 2.89. The normalized spacial score (nSPS) is 27.6. The summed E-state index contributed by atoms with van der Waals surface area (Å²) in [4.78, 5) is 0. The van der Waals surface area contributed by atoms with Crippen molar-refractivity contribution in [3.63, 3.8) is 0 Å². The van der Waals surface area contributed by atoms with Crippen LogP contribution in [0, 0.1) is 5.92 Å². The van der Waals surface area contributed by atoms with Gasteiger partial charge in [0.1, 0.15) is 0 Å². The van der Waals surface area contributed by atoms with Crippen LogP contribution in [0.25, 0.3) is 0 Å². The van der Waals surface area contributed by atoms with E-state index in [9.17, 15) is 0 Å². The summed E-state index contributed by atoms with van der Waals surface area (Å²) in [6.07, 6.45) is 14.4. The Kier molecular flexibility index (Phi) is 2.16. The Morgan fingerprint density at radius 1 is 1.33 bits per heavy atom. The van der Waals surface area contributed by atoms with E-state index in [1.807, 2.05) is 0 Å². The first kappa shape index (κ1) is 7.85. The first-order valence-corrected chi connectivity index (χ1v) is 4.97. The van der Waals surface area contributed by atoms with Crippen molar-refractivity contribution in [2.75, 3.05) is 0 Å². The Hall–Kier alpha value is -0.780. The molecular formula is C12H16. The van der Waals surface area contributed by atoms with Crippen LogP contribution in [0.5, 0.6) is 0 Å². The molecule has 64 valence electrons. The van der Waals surface area contributed by atoms with Gasteiger partial charge in [0.15, 0.2) is 0 Å². The zero-order valence-electron chi connectivity index (χ0n) is 7.72. The molecule has 0 amide bonds. The molecule has 0 saturated heterocycles. The van der Waals surface area contributed by atoms with Gasteiger partial charge in [-0.05, 0) is 42.7 Å². The molecule has 1 unspecified atom stereocenters. The molecule has 2 aliphatic rings. The van der Waals surface area contributed by atoms with E-state index in [1.54, 1.807) is 11.1 Å². The fourth-order valence-corrected chi connectivity index (χ4v) is 2.00. The average molecular weight is 160 g/mol. The zero-order valence-corrected chi connectivity index (χ0v) is 7.72. The van der Waals surface area contributed by atoms with Crippen molar-refractivity contribution in [3.8, 4) is 0 Å². The first-order chi connectivity index (χ1) is 5.90. The Labute approximate surface area is 74.7 Å². The smallest absolute Gasteiger partial charge is 0.0192 e. The summed E-state index contributed by atoms with van der Waals surface area (Å²) in [5, 5.41) is 0. The molecule has 0 aromatic rings. The molecule has 12 heavy (non-hydrogen) atoms. The van der Waals surface area contributed by atoms with Gasteiger partial charge >= 0.3 is 0 Å². The predicted octanol–water partition coefficient (Wildman–Crippen LogP) is 3.62. The van der Waals surface area contributed by atoms with Gasteiger partial charge in [0.25, 0.3) is 0 Å². The number of hydrogen-bond acceptors (Lipinski definition) is 0. The summed E-state index contributed by atoms with van der Waals surface area (Å²) in [5.41, 5.74) is 3.18. The molecule has 0 aromatic carbocycles. The van der Waals surface area contributed by atoms with Gasteiger partial charge in [-0.1, -0.05) is 31.2 Å². The third kappa shape index (κ3) is 1.38. The van der Waals surface area contributed by atoms with Crippen LogP contribution in [0.15, 0.2) is 35.5 Å². The fraction of sp³-hybridized carbons (Fsp3) is 0.500. The van der Waals surface area contributed by atoms with Crippen LogP contribution in [0.3, 0.4) is 0 Å². The Morgan fingerprint density at radius 3 is 3.08 bits per heavy atom. The highest BCUT2D eigenvalue weighted by atomic mass is 14.2. The van der Waals surface area contributed by atoms with Crippen LogP contribution >= 0.6 is 0 Å². The molecule has 2 aliphatic carbocycles. The second-order valence-electron chi connectivity index (χ2n) is 3.72. The van der Waals surface area contributed by atoms with Crippen LogP contribution in [0.2, 0.25) is 0 Å². The van der Waals surface area contributed by atoms with E-state index in [1.165, 1.54) is 25.7 Å². The van der Waals surface area contributed by atoms with E-state index in [4.69, 9.17) is 0 Å². The lowest BCUT2D eigenvalue weighted by molar-refractivity contribution is 0.611. The molecule has 0 nitrogen and oxygen atoms in total. The quantitative estimate of drug-likeness (QED) is 0.549. The van der Waals surface area contributed by atoms with Gasteiger partial charge < -0.3 is 0 Å². The summed E-state index contributed by atoms with van der Waals surface area (Å²) in [6, 6.07) is 0. The van der Waals surface area contributed by atoms with Gasteiger partial charge in [0, 0.05) is 0 Å². The lowest BCUT2D eigenvalue weighted by Gasteiger charge is -2.21. The highest BCUT2D eigenvalue weighted by Crippen LogP contribution is 2.31. The van der Waals surface area contributed by atoms with E-state index in [-0.39, 0.29) is 0 Å². The highest BCUT2D eigenvalue weighted by Gasteiger charge is 2.14. The molecule has 0 radical (unpaired) electrons. The largest absolute Gasteiger partial charge is 0.0839 e. The van der Waals surface area contributed by atoms with E-state index in [2.05, 4.69) is 31.2 Å². The van der Waals surface area contributed by atoms with Gasteiger partial charge in [-0.3, -0.25) is 0 Å². The van der Waals surface area contributed by atoms with Crippen molar-refractivity contribution in [1.82, 2.24) is 0 Å². The molecule has 0 aliphatic heterocycles. The van der Waals surface area contributed by atoms with Crippen LogP contribution < -0.4 is 0 Å². The molecule has 2 rings (SSSR count). The lowest BCUT2D eigenvalue weighted by atomic mass is 9.84. The van der Waals surface area contributed by atoms with Gasteiger partial charge in [0.05, 0.1) is 0 Å². The van der Waals surface area contributed by atoms with Crippen LogP contribution in [-0.4, -0.2) is 0 Å². The second kappa shape index (κ2) is 3.30. The summed E-state index contributed by atoms with van der Waals surface area (Å²) in [5.74, 6) is 0.798. The van der Waals surface area contributed by atoms with Crippen molar-refractivity contribution < 1.29 is 0 Å². The maximum atomic E-state index is 2.39. The van der Waals surface area contributed by atoms with Crippen molar-refractivity contribution >= 4 is 0 Å². The Balaban J connectivity index is 2.18. The van der Waals surface area contributed by atoms with Crippen molar-refractivity contribution in [3.05, 3.63) is 35.5 Å². The second-order valence-corrected chi connectivity index (χ2v) is 3.72. The molecule has 0 heterocycles. The minimum atomic E-state index is 0.798. The van der Waals surface area contributed by atoms with Gasteiger partial charge in [-0.15, -0.1) is 0 Å². The fourth-order valence-electron chi connectivity index (χ4n) is 2.00. The van der Waals surface area contributed by atoms with Crippen LogP contribution in [-0.2, 0) is 0 Å². The van der Waals surface area contributed by atoms with E-state index in [0.717, 1.165) is 5.92 Å². The molecule has 0 saturated carbocycles. The van der Waals surface area contributed by atoms with Crippen molar-refractivity contribution in [2.24, 2.45) is 5.92 Å². The van der Waals surface area contributed by atoms with Crippen LogP contribution in [0.1, 0.15) is 32.6 Å². The third-order valence-corrected chi connectivity index (χ3v) is 2.89. The van der Waals surface area contributed by atoms with Gasteiger partial charge in [0.2, 0.25) is 0 Å². The molecule has 1 atom stereocenters. The molecule has 0 heteroatoms. The maximum absolute atomic E-state index is 2.39. The summed E-state index contributed by atoms with van der Waals surface area (Å²) in [6.45, 7) is 2.27. The van der Waals surface area contributed by atoms with E-state index >= 15 is 0 Å². The number of hydrogen-bond donors (Lipinski definition) is 0. The van der Waals surface area contributed by atoms with E-state index < -0.39 is 0 Å². The zero-order chi connectivity index (χ0) is 8.39. The lowest BCUT2D eigenvalue weighted by Crippen LogP contribution is -2.05. The minimum absolute atomic E-state index is 0.798. The predicted molar refractivity (Wildman–Crippen MR) is 52.9 cm³/mol. The first-order valence-electron chi connectivity index (χ1n) is 4.97. The minimum Gasteiger partial charge on any atom is -0.0839 e. The maximum Gasteiger partial charge on any atom is -0.0192 e. The topological polar surface area (TPSA) is 0 Å². The number of rotatable bonds is 1. The monoisotopic (exact) mass is 160 g/mol. The van der Waals surface area contributed by atoms with Gasteiger partial charge in [-0.25, -0.2) is 0 Å². The Morgan fingerprint density at radius 2 is 2.25 bits per heavy atom. The molecule has 0 aromatic heterocycles. The van der Waals surface area contributed by atoms with Crippen molar-refractivity contribution in [2.45, 2.75) is 32.6 Å². The summed E-state index contributed by atoms with van der Waals surface area (Å²) < 4.78 is 0. The molecular weight excluding hydrogens is 144 g/mol. The molecule has 0 fully saturated rings. The van der Waals surface area contributed by atoms with E-state index in [0.29, 0.717) is 0 Å². The van der Waals surface area contributed by atoms with Gasteiger partial charge in [-0.2, -0.15) is 0 Å². The number of allylic oxidation sites excluding steroid dienone is 6. The summed E-state index contributed by atoms with van der Waals surface area (Å²) >= 11 is 0. The van der Waals surface area contributed by atoms with Crippen LogP contribution in [0.4, 0.5) is 0 Å². The SMILES string of the molecule is CCC1C=CC2=C(C=CCC2)C1. The average Bonchev–Trinajstić information content (AvgIpc) is 2.17. The molecule has 0 N–H and O–H groups in total.